The van der Waals surface area contributed by atoms with Crippen molar-refractivity contribution < 1.29 is 22.4 Å². The number of hydrogen-bond donors (Lipinski definition) is 0. The molecule has 1 saturated heterocycles. The summed E-state index contributed by atoms with van der Waals surface area (Å²) < 4.78 is 55.7. The molecular weight excluding hydrogens is 498 g/mol. The summed E-state index contributed by atoms with van der Waals surface area (Å²) in [5.41, 5.74) is 0.156. The molecule has 1 fully saturated rings. The van der Waals surface area contributed by atoms with Gasteiger partial charge in [0.15, 0.2) is 17.0 Å². The molecule has 2 aromatic carbocycles. The van der Waals surface area contributed by atoms with E-state index in [2.05, 4.69) is 15.0 Å². The van der Waals surface area contributed by atoms with Crippen molar-refractivity contribution in [3.63, 3.8) is 0 Å². The van der Waals surface area contributed by atoms with Crippen LogP contribution >= 0.6 is 11.6 Å². The quantitative estimate of drug-likeness (QED) is 0.351. The van der Waals surface area contributed by atoms with Crippen LogP contribution in [0.25, 0.3) is 16.9 Å². The lowest BCUT2D eigenvalue weighted by molar-refractivity contribution is -0.142. The van der Waals surface area contributed by atoms with Crippen LogP contribution < -0.4 is 0 Å². The second-order valence-corrected chi connectivity index (χ2v) is 8.97. The highest BCUT2D eigenvalue weighted by atomic mass is 35.5. The van der Waals surface area contributed by atoms with E-state index in [4.69, 9.17) is 11.6 Å². The van der Waals surface area contributed by atoms with Gasteiger partial charge < -0.3 is 4.90 Å². The maximum atomic E-state index is 13.9. The summed E-state index contributed by atoms with van der Waals surface area (Å²) >= 11 is 5.89. The Kier molecular flexibility index (Phi) is 6.40. The van der Waals surface area contributed by atoms with Crippen molar-refractivity contribution >= 4 is 23.2 Å². The van der Waals surface area contributed by atoms with Crippen LogP contribution in [0.15, 0.2) is 60.7 Å². The second-order valence-electron chi connectivity index (χ2n) is 8.53. The highest BCUT2D eigenvalue weighted by Crippen LogP contribution is 2.32. The van der Waals surface area contributed by atoms with Crippen LogP contribution in [0.2, 0.25) is 5.02 Å². The van der Waals surface area contributed by atoms with Crippen molar-refractivity contribution in [2.45, 2.75) is 12.7 Å². The van der Waals surface area contributed by atoms with E-state index in [0.717, 1.165) is 11.6 Å². The van der Waals surface area contributed by atoms with Crippen molar-refractivity contribution in [3.05, 3.63) is 88.5 Å². The summed E-state index contributed by atoms with van der Waals surface area (Å²) in [5.74, 6) is -0.772. The Morgan fingerprint density at radius 1 is 0.972 bits per heavy atom. The first kappa shape index (κ1) is 24.2. The fraction of sp³-hybridized carbons (Fsp3) is 0.240. The van der Waals surface area contributed by atoms with E-state index in [1.54, 1.807) is 35.2 Å². The van der Waals surface area contributed by atoms with Gasteiger partial charge in [0.25, 0.3) is 5.91 Å². The van der Waals surface area contributed by atoms with Gasteiger partial charge in [0.1, 0.15) is 5.82 Å². The second kappa shape index (κ2) is 9.51. The smallest absolute Gasteiger partial charge is 0.335 e. The zero-order valence-electron chi connectivity index (χ0n) is 18.8. The van der Waals surface area contributed by atoms with Gasteiger partial charge in [0.2, 0.25) is 0 Å². The number of amides is 1. The fourth-order valence-electron chi connectivity index (χ4n) is 4.21. The van der Waals surface area contributed by atoms with Crippen molar-refractivity contribution in [1.82, 2.24) is 24.4 Å². The van der Waals surface area contributed by atoms with Gasteiger partial charge in [-0.25, -0.2) is 13.9 Å². The Morgan fingerprint density at radius 2 is 1.69 bits per heavy atom. The molecule has 1 amide bonds. The van der Waals surface area contributed by atoms with Gasteiger partial charge in [-0.05, 0) is 35.9 Å². The minimum Gasteiger partial charge on any atom is -0.335 e. The average Bonchev–Trinajstić information content (AvgIpc) is 3.27. The summed E-state index contributed by atoms with van der Waals surface area (Å²) in [6, 6.07) is 14.8. The van der Waals surface area contributed by atoms with Crippen molar-refractivity contribution in [3.8, 4) is 11.3 Å². The van der Waals surface area contributed by atoms with Crippen LogP contribution in [0.5, 0.6) is 0 Å². The lowest BCUT2D eigenvalue weighted by Crippen LogP contribution is -2.48. The molecule has 0 spiro atoms. The van der Waals surface area contributed by atoms with Crippen molar-refractivity contribution in [2.24, 2.45) is 0 Å². The number of alkyl halides is 3. The van der Waals surface area contributed by atoms with Crippen LogP contribution in [-0.4, -0.2) is 56.5 Å². The first-order chi connectivity index (χ1) is 17.2. The molecule has 3 heterocycles. The molecule has 11 heteroatoms. The minimum absolute atomic E-state index is 0.0807. The van der Waals surface area contributed by atoms with Crippen LogP contribution in [0.1, 0.15) is 21.7 Å². The van der Waals surface area contributed by atoms with Gasteiger partial charge in [-0.2, -0.15) is 18.3 Å². The molecular formula is C25H20ClF4N5O. The van der Waals surface area contributed by atoms with Gasteiger partial charge in [-0.3, -0.25) is 9.69 Å². The van der Waals surface area contributed by atoms with Gasteiger partial charge in [0.05, 0.1) is 5.69 Å². The molecule has 1 aliphatic rings. The summed E-state index contributed by atoms with van der Waals surface area (Å²) in [4.78, 5) is 21.0. The van der Waals surface area contributed by atoms with Crippen molar-refractivity contribution in [2.75, 3.05) is 26.2 Å². The van der Waals surface area contributed by atoms with Gasteiger partial charge in [-0.1, -0.05) is 35.9 Å². The van der Waals surface area contributed by atoms with Gasteiger partial charge in [0, 0.05) is 49.4 Å². The average molecular weight is 518 g/mol. The maximum absolute atomic E-state index is 13.9. The summed E-state index contributed by atoms with van der Waals surface area (Å²) in [6.45, 7) is 2.38. The molecule has 6 nitrogen and oxygen atoms in total. The van der Waals surface area contributed by atoms with E-state index < -0.39 is 17.8 Å². The number of halogens is 5. The number of fused-ring (bicyclic) bond motifs is 1. The maximum Gasteiger partial charge on any atom is 0.433 e. The molecule has 1 aliphatic heterocycles. The number of aromatic nitrogens is 3. The predicted molar refractivity (Wildman–Crippen MR) is 126 cm³/mol. The van der Waals surface area contributed by atoms with Crippen LogP contribution in [0.4, 0.5) is 17.6 Å². The molecule has 0 saturated carbocycles. The minimum atomic E-state index is -4.71. The third-order valence-corrected chi connectivity index (χ3v) is 6.28. The number of nitrogens with zero attached hydrogens (tertiary/aromatic N) is 5. The van der Waals surface area contributed by atoms with Gasteiger partial charge in [-0.15, -0.1) is 0 Å². The Labute approximate surface area is 208 Å². The molecule has 0 radical (unpaired) electrons. The lowest BCUT2D eigenvalue weighted by Gasteiger charge is -2.34. The molecule has 4 aromatic rings. The third kappa shape index (κ3) is 5.05. The molecule has 2 aromatic heterocycles. The highest BCUT2D eigenvalue weighted by Gasteiger charge is 2.36. The van der Waals surface area contributed by atoms with Crippen LogP contribution in [0.3, 0.4) is 0 Å². The molecule has 0 bridgehead atoms. The molecule has 0 unspecified atom stereocenters. The molecule has 186 valence electrons. The summed E-state index contributed by atoms with van der Waals surface area (Å²) in [5, 5.41) is 4.41. The van der Waals surface area contributed by atoms with E-state index in [1.165, 1.54) is 18.2 Å². The largest absolute Gasteiger partial charge is 0.433 e. The Morgan fingerprint density at radius 3 is 2.36 bits per heavy atom. The highest BCUT2D eigenvalue weighted by molar-refractivity contribution is 6.30. The Hall–Kier alpha value is -3.50. The summed E-state index contributed by atoms with van der Waals surface area (Å²) in [6.07, 6.45) is -4.71. The zero-order chi connectivity index (χ0) is 25.4. The number of rotatable bonds is 4. The lowest BCUT2D eigenvalue weighted by atomic mass is 10.1. The molecule has 5 rings (SSSR count). The topological polar surface area (TPSA) is 53.7 Å². The number of carbonyl (C=O) groups excluding carboxylic acids is 1. The number of benzene rings is 2. The van der Waals surface area contributed by atoms with Gasteiger partial charge >= 0.3 is 6.18 Å². The number of carbonyl (C=O) groups is 1. The van der Waals surface area contributed by atoms with Crippen molar-refractivity contribution in [1.29, 1.82) is 0 Å². The van der Waals surface area contributed by atoms with E-state index in [0.29, 0.717) is 47.8 Å². The van der Waals surface area contributed by atoms with E-state index in [-0.39, 0.29) is 22.9 Å². The zero-order valence-corrected chi connectivity index (χ0v) is 19.6. The van der Waals surface area contributed by atoms with E-state index in [1.807, 2.05) is 6.07 Å². The normalized spacial score (nSPS) is 15.0. The number of piperazine rings is 1. The van der Waals surface area contributed by atoms with E-state index in [9.17, 15) is 22.4 Å². The molecule has 36 heavy (non-hydrogen) atoms. The monoisotopic (exact) mass is 517 g/mol. The predicted octanol–water partition coefficient (Wildman–Crippen LogP) is 5.17. The Balaban J connectivity index is 1.37. The fourth-order valence-corrected chi connectivity index (χ4v) is 4.34. The number of hydrogen-bond acceptors (Lipinski definition) is 4. The first-order valence-corrected chi connectivity index (χ1v) is 11.6. The molecule has 0 N–H and O–H groups in total. The molecule has 0 atom stereocenters. The summed E-state index contributed by atoms with van der Waals surface area (Å²) in [7, 11) is 0. The third-order valence-electron chi connectivity index (χ3n) is 6.03. The Bertz CT molecular complexity index is 1410. The van der Waals surface area contributed by atoms with Crippen LogP contribution in [-0.2, 0) is 12.7 Å². The standard InChI is InChI=1S/C25H20ClF4N5O/c26-18-6-4-17(5-7-18)20-13-22(25(28,29)30)35-23(31-20)14-21(32-35)24(36)34-10-8-33(9-11-34)15-16-2-1-3-19(27)12-16/h1-7,12-14H,8-11,15H2. The van der Waals surface area contributed by atoms with E-state index >= 15 is 0 Å². The SMILES string of the molecule is O=C(c1cc2nc(-c3ccc(Cl)cc3)cc(C(F)(F)F)n2n1)N1CCN(Cc2cccc(F)c2)CC1. The van der Waals surface area contributed by atoms with Crippen LogP contribution in [0, 0.1) is 5.82 Å². The first-order valence-electron chi connectivity index (χ1n) is 11.2. The molecule has 0 aliphatic carbocycles.